The number of aromatic amines is 1. The van der Waals surface area contributed by atoms with Crippen LogP contribution in [-0.2, 0) is 5.54 Å². The molecule has 1 aliphatic heterocycles. The number of tetrazole rings is 1. The van der Waals surface area contributed by atoms with E-state index in [2.05, 4.69) is 65.2 Å². The predicted octanol–water partition coefficient (Wildman–Crippen LogP) is 3.40. The molecule has 0 bridgehead atoms. The number of nitrogens with zero attached hydrogens (tertiary/aromatic N) is 5. The van der Waals surface area contributed by atoms with E-state index in [0.717, 1.165) is 41.8 Å². The highest BCUT2D eigenvalue weighted by Crippen LogP contribution is 2.32. The Morgan fingerprint density at radius 3 is 2.76 bits per heavy atom. The summed E-state index contributed by atoms with van der Waals surface area (Å²) in [6.07, 6.45) is 2.32. The Morgan fingerprint density at radius 1 is 1.24 bits per heavy atom. The third-order valence-corrected chi connectivity index (χ3v) is 5.75. The monoisotopic (exact) mass is 394 g/mol. The Hall–Kier alpha value is -2.54. The molecule has 0 spiro atoms. The van der Waals surface area contributed by atoms with Crippen molar-refractivity contribution in [3.05, 3.63) is 51.6 Å². The first-order chi connectivity index (χ1) is 13.7. The van der Waals surface area contributed by atoms with Gasteiger partial charge in [-0.05, 0) is 86.5 Å². The van der Waals surface area contributed by atoms with Crippen molar-refractivity contribution < 1.29 is 0 Å². The van der Waals surface area contributed by atoms with E-state index in [4.69, 9.17) is 0 Å². The molecule has 0 aliphatic carbocycles. The molecule has 2 atom stereocenters. The lowest BCUT2D eigenvalue weighted by molar-refractivity contribution is 0.137. The lowest BCUT2D eigenvalue weighted by Crippen LogP contribution is -2.42. The highest BCUT2D eigenvalue weighted by atomic mass is 16.1. The van der Waals surface area contributed by atoms with Crippen molar-refractivity contribution in [1.82, 2.24) is 30.1 Å². The van der Waals surface area contributed by atoms with Gasteiger partial charge in [-0.15, -0.1) is 5.10 Å². The maximum atomic E-state index is 13.2. The average Bonchev–Trinajstić information content (AvgIpc) is 3.12. The molecule has 0 unspecified atom stereocenters. The average molecular weight is 395 g/mol. The van der Waals surface area contributed by atoms with E-state index in [0.29, 0.717) is 11.5 Å². The van der Waals surface area contributed by atoms with Gasteiger partial charge in [0.05, 0.1) is 5.54 Å². The zero-order valence-electron chi connectivity index (χ0n) is 17.9. The lowest BCUT2D eigenvalue weighted by Gasteiger charge is -2.37. The van der Waals surface area contributed by atoms with Crippen molar-refractivity contribution in [3.63, 3.8) is 0 Å². The molecule has 0 radical (unpaired) electrons. The van der Waals surface area contributed by atoms with Crippen LogP contribution in [0.1, 0.15) is 63.5 Å². The minimum absolute atomic E-state index is 0.0743. The molecule has 0 amide bonds. The highest BCUT2D eigenvalue weighted by molar-refractivity contribution is 5.79. The topological polar surface area (TPSA) is 79.7 Å². The Morgan fingerprint density at radius 2 is 2.03 bits per heavy atom. The fourth-order valence-corrected chi connectivity index (χ4v) is 4.34. The van der Waals surface area contributed by atoms with Crippen LogP contribution in [0.25, 0.3) is 10.9 Å². The summed E-state index contributed by atoms with van der Waals surface area (Å²) in [6, 6.07) is 7.88. The van der Waals surface area contributed by atoms with E-state index in [1.165, 1.54) is 6.42 Å². The normalized spacial score (nSPS) is 19.6. The summed E-state index contributed by atoms with van der Waals surface area (Å²) in [6.45, 7) is 12.4. The van der Waals surface area contributed by atoms with Crippen molar-refractivity contribution in [2.45, 2.75) is 59.0 Å². The Kier molecular flexibility index (Phi) is 5.02. The third-order valence-electron chi connectivity index (χ3n) is 5.75. The molecule has 7 nitrogen and oxygen atoms in total. The van der Waals surface area contributed by atoms with Gasteiger partial charge in [-0.2, -0.15) is 0 Å². The summed E-state index contributed by atoms with van der Waals surface area (Å²) in [7, 11) is 0. The zero-order valence-corrected chi connectivity index (χ0v) is 17.9. The number of fused-ring (bicyclic) bond motifs is 1. The number of H-pyrrole nitrogens is 1. The fourth-order valence-electron chi connectivity index (χ4n) is 4.34. The van der Waals surface area contributed by atoms with E-state index >= 15 is 0 Å². The Balaban J connectivity index is 1.91. The number of aromatic nitrogens is 5. The molecule has 29 heavy (non-hydrogen) atoms. The van der Waals surface area contributed by atoms with Gasteiger partial charge in [-0.3, -0.25) is 9.69 Å². The smallest absolute Gasteiger partial charge is 0.253 e. The number of piperidine rings is 1. The minimum Gasteiger partial charge on any atom is -0.322 e. The standard InChI is InChI=1S/C22H30N6O/c1-14-8-9-16-12-17(21(29)23-18(16)11-14)19(27-10-6-7-15(2)13-27)20-24-25-26-28(20)22(3,4)5/h8-9,11-12,15,19H,6-7,10,13H2,1-5H3,(H,23,29)/t15-,19+/m1/s1. The molecular formula is C22H30N6O. The first-order valence-electron chi connectivity index (χ1n) is 10.4. The van der Waals surface area contributed by atoms with Gasteiger partial charge in [0, 0.05) is 17.6 Å². The second-order valence-electron chi connectivity index (χ2n) is 9.41. The van der Waals surface area contributed by atoms with Crippen LogP contribution in [0.3, 0.4) is 0 Å². The van der Waals surface area contributed by atoms with E-state index in [1.54, 1.807) is 0 Å². The number of hydrogen-bond acceptors (Lipinski definition) is 5. The maximum absolute atomic E-state index is 13.2. The molecule has 1 fully saturated rings. The predicted molar refractivity (Wildman–Crippen MR) is 114 cm³/mol. The van der Waals surface area contributed by atoms with Crippen molar-refractivity contribution in [2.24, 2.45) is 5.92 Å². The van der Waals surface area contributed by atoms with Gasteiger partial charge < -0.3 is 4.98 Å². The van der Waals surface area contributed by atoms with Crippen LogP contribution in [0.5, 0.6) is 0 Å². The minimum atomic E-state index is -0.279. The highest BCUT2D eigenvalue weighted by Gasteiger charge is 2.34. The van der Waals surface area contributed by atoms with E-state index < -0.39 is 0 Å². The Bertz CT molecular complexity index is 1080. The van der Waals surface area contributed by atoms with Crippen LogP contribution < -0.4 is 5.56 Å². The number of benzene rings is 1. The second kappa shape index (κ2) is 7.37. The van der Waals surface area contributed by atoms with Crippen molar-refractivity contribution in [3.8, 4) is 0 Å². The molecule has 154 valence electrons. The SMILES string of the molecule is Cc1ccc2cc([C@@H](c3nnnn3C(C)(C)C)N3CCC[C@@H](C)C3)c(=O)[nH]c2c1. The lowest BCUT2D eigenvalue weighted by atomic mass is 9.95. The van der Waals surface area contributed by atoms with Crippen molar-refractivity contribution in [1.29, 1.82) is 0 Å². The number of rotatable bonds is 3. The van der Waals surface area contributed by atoms with Crippen LogP contribution in [0, 0.1) is 12.8 Å². The third kappa shape index (κ3) is 3.83. The van der Waals surface area contributed by atoms with Gasteiger partial charge >= 0.3 is 0 Å². The molecule has 3 heterocycles. The van der Waals surface area contributed by atoms with Crippen molar-refractivity contribution in [2.75, 3.05) is 13.1 Å². The quantitative estimate of drug-likeness (QED) is 0.736. The zero-order chi connectivity index (χ0) is 20.8. The molecule has 1 saturated heterocycles. The van der Waals surface area contributed by atoms with Crippen LogP contribution in [0.15, 0.2) is 29.1 Å². The number of nitrogens with one attached hydrogen (secondary N) is 1. The summed E-state index contributed by atoms with van der Waals surface area (Å²) in [4.78, 5) is 18.7. The largest absolute Gasteiger partial charge is 0.322 e. The fraction of sp³-hybridized carbons (Fsp3) is 0.545. The first-order valence-corrected chi connectivity index (χ1v) is 10.4. The summed E-state index contributed by atoms with van der Waals surface area (Å²) in [5, 5.41) is 13.7. The Labute approximate surface area is 171 Å². The van der Waals surface area contributed by atoms with Crippen molar-refractivity contribution >= 4 is 10.9 Å². The maximum Gasteiger partial charge on any atom is 0.253 e. The van der Waals surface area contributed by atoms with Gasteiger partial charge in [0.25, 0.3) is 5.56 Å². The van der Waals surface area contributed by atoms with E-state index in [-0.39, 0.29) is 17.1 Å². The molecule has 0 saturated carbocycles. The summed E-state index contributed by atoms with van der Waals surface area (Å²) in [5.41, 5.74) is 2.34. The summed E-state index contributed by atoms with van der Waals surface area (Å²) < 4.78 is 1.86. The summed E-state index contributed by atoms with van der Waals surface area (Å²) in [5.74, 6) is 1.30. The first kappa shape index (κ1) is 19.8. The van der Waals surface area contributed by atoms with Gasteiger partial charge in [-0.1, -0.05) is 19.1 Å². The molecule has 4 rings (SSSR count). The van der Waals surface area contributed by atoms with E-state index in [9.17, 15) is 4.79 Å². The molecule has 7 heteroatoms. The van der Waals surface area contributed by atoms with Gasteiger partial charge in [0.15, 0.2) is 5.82 Å². The molecule has 1 aliphatic rings. The van der Waals surface area contributed by atoms with Crippen LogP contribution in [0.2, 0.25) is 0 Å². The molecular weight excluding hydrogens is 364 g/mol. The number of hydrogen-bond donors (Lipinski definition) is 1. The van der Waals surface area contributed by atoms with Crippen LogP contribution >= 0.6 is 0 Å². The van der Waals surface area contributed by atoms with E-state index in [1.807, 2.05) is 23.7 Å². The second-order valence-corrected chi connectivity index (χ2v) is 9.41. The summed E-state index contributed by atoms with van der Waals surface area (Å²) >= 11 is 0. The van der Waals surface area contributed by atoms with Crippen LogP contribution in [-0.4, -0.2) is 43.2 Å². The van der Waals surface area contributed by atoms with Gasteiger partial charge in [0.1, 0.15) is 6.04 Å². The van der Waals surface area contributed by atoms with Gasteiger partial charge in [-0.25, -0.2) is 4.68 Å². The number of aryl methyl sites for hydroxylation is 1. The molecule has 1 N–H and O–H groups in total. The molecule has 2 aromatic heterocycles. The van der Waals surface area contributed by atoms with Crippen LogP contribution in [0.4, 0.5) is 0 Å². The number of pyridine rings is 1. The molecule has 3 aromatic rings. The molecule has 1 aromatic carbocycles. The number of likely N-dealkylation sites (tertiary alicyclic amines) is 1. The van der Waals surface area contributed by atoms with Gasteiger partial charge in [0.2, 0.25) is 0 Å².